The van der Waals surface area contributed by atoms with Gasteiger partial charge in [0, 0.05) is 5.38 Å². The monoisotopic (exact) mass is 316 g/mol. The zero-order valence-electron chi connectivity index (χ0n) is 12.2. The van der Waals surface area contributed by atoms with E-state index in [1.807, 2.05) is 42.6 Å². The Bertz CT molecular complexity index is 711. The van der Waals surface area contributed by atoms with E-state index >= 15 is 0 Å². The van der Waals surface area contributed by atoms with Crippen LogP contribution in [0, 0.1) is 6.92 Å². The average molecular weight is 316 g/mol. The second-order valence-corrected chi connectivity index (χ2v) is 5.69. The number of hydrogen-bond acceptors (Lipinski definition) is 7. The third kappa shape index (κ3) is 4.05. The second kappa shape index (κ2) is 7.04. The van der Waals surface area contributed by atoms with Crippen LogP contribution in [0.3, 0.4) is 0 Å². The number of aromatic nitrogens is 3. The first-order chi connectivity index (χ1) is 10.8. The Morgan fingerprint density at radius 3 is 2.86 bits per heavy atom. The lowest BCUT2D eigenvalue weighted by atomic mass is 10.3. The van der Waals surface area contributed by atoms with Crippen molar-refractivity contribution >= 4 is 17.4 Å². The molecule has 6 nitrogen and oxygen atoms in total. The van der Waals surface area contributed by atoms with Crippen molar-refractivity contribution in [3.8, 4) is 5.75 Å². The van der Waals surface area contributed by atoms with Crippen molar-refractivity contribution in [2.45, 2.75) is 19.9 Å². The van der Waals surface area contributed by atoms with Crippen molar-refractivity contribution in [1.29, 1.82) is 0 Å². The minimum Gasteiger partial charge on any atom is -0.493 e. The van der Waals surface area contributed by atoms with E-state index in [2.05, 4.69) is 20.5 Å². The highest BCUT2D eigenvalue weighted by molar-refractivity contribution is 7.09. The highest BCUT2D eigenvalue weighted by Crippen LogP contribution is 2.12. The van der Waals surface area contributed by atoms with E-state index in [-0.39, 0.29) is 0 Å². The number of thiazole rings is 1. The van der Waals surface area contributed by atoms with E-state index in [1.54, 1.807) is 11.3 Å². The Morgan fingerprint density at radius 1 is 1.23 bits per heavy atom. The molecule has 0 amide bonds. The molecule has 0 bridgehead atoms. The van der Waals surface area contributed by atoms with Gasteiger partial charge in [-0.05, 0) is 19.1 Å². The molecule has 114 valence electrons. The van der Waals surface area contributed by atoms with Crippen LogP contribution in [0.15, 0.2) is 40.1 Å². The first-order valence-corrected chi connectivity index (χ1v) is 7.82. The van der Waals surface area contributed by atoms with Crippen LogP contribution in [-0.4, -0.2) is 21.8 Å². The summed E-state index contributed by atoms with van der Waals surface area (Å²) in [7, 11) is 0. The third-order valence-corrected chi connectivity index (χ3v) is 3.70. The highest BCUT2D eigenvalue weighted by atomic mass is 32.1. The van der Waals surface area contributed by atoms with Crippen LogP contribution in [0.2, 0.25) is 0 Å². The number of ether oxygens (including phenoxy) is 1. The first-order valence-electron chi connectivity index (χ1n) is 6.95. The lowest BCUT2D eigenvalue weighted by molar-refractivity contribution is 0.307. The maximum absolute atomic E-state index is 5.59. The van der Waals surface area contributed by atoms with Crippen LogP contribution >= 0.6 is 11.3 Å². The molecule has 7 heteroatoms. The predicted octanol–water partition coefficient (Wildman–Crippen LogP) is 3.07. The average Bonchev–Trinajstić information content (AvgIpc) is 3.15. The molecule has 0 atom stereocenters. The van der Waals surface area contributed by atoms with Gasteiger partial charge in [0.2, 0.25) is 5.89 Å². The molecule has 0 saturated carbocycles. The Kier molecular flexibility index (Phi) is 4.65. The topological polar surface area (TPSA) is 73.1 Å². The molecular weight excluding hydrogens is 300 g/mol. The normalized spacial score (nSPS) is 10.6. The molecule has 1 N–H and O–H groups in total. The van der Waals surface area contributed by atoms with Crippen LogP contribution in [0.5, 0.6) is 5.75 Å². The molecule has 1 aromatic carbocycles. The van der Waals surface area contributed by atoms with Crippen LogP contribution < -0.4 is 10.1 Å². The molecule has 2 heterocycles. The van der Waals surface area contributed by atoms with Gasteiger partial charge < -0.3 is 14.5 Å². The number of benzene rings is 1. The van der Waals surface area contributed by atoms with Gasteiger partial charge in [-0.3, -0.25) is 0 Å². The quantitative estimate of drug-likeness (QED) is 0.722. The van der Waals surface area contributed by atoms with Crippen molar-refractivity contribution < 1.29 is 9.15 Å². The van der Waals surface area contributed by atoms with Gasteiger partial charge in [0.1, 0.15) is 5.75 Å². The summed E-state index contributed by atoms with van der Waals surface area (Å²) < 4.78 is 11.1. The van der Waals surface area contributed by atoms with Crippen molar-refractivity contribution in [2.75, 3.05) is 11.9 Å². The summed E-state index contributed by atoms with van der Waals surface area (Å²) in [5.74, 6) is 1.38. The van der Waals surface area contributed by atoms with Crippen LogP contribution in [-0.2, 0) is 13.0 Å². The molecule has 2 aromatic heterocycles. The highest BCUT2D eigenvalue weighted by Gasteiger charge is 2.07. The summed E-state index contributed by atoms with van der Waals surface area (Å²) in [5.41, 5.74) is 0.967. The molecule has 0 spiro atoms. The van der Waals surface area contributed by atoms with Gasteiger partial charge in [-0.1, -0.05) is 23.3 Å². The minimum atomic E-state index is 0.403. The molecule has 3 aromatic rings. The van der Waals surface area contributed by atoms with Crippen molar-refractivity contribution in [2.24, 2.45) is 0 Å². The maximum atomic E-state index is 5.59. The molecule has 0 aliphatic rings. The Morgan fingerprint density at radius 2 is 2.09 bits per heavy atom. The van der Waals surface area contributed by atoms with E-state index in [4.69, 9.17) is 9.15 Å². The Balaban J connectivity index is 1.45. The number of rotatable bonds is 7. The van der Waals surface area contributed by atoms with E-state index in [1.165, 1.54) is 0 Å². The fraction of sp³-hybridized carbons (Fsp3) is 0.267. The largest absolute Gasteiger partial charge is 0.493 e. The van der Waals surface area contributed by atoms with Crippen LogP contribution in [0.4, 0.5) is 6.01 Å². The van der Waals surface area contributed by atoms with Crippen LogP contribution in [0.1, 0.15) is 16.6 Å². The zero-order valence-corrected chi connectivity index (χ0v) is 13.0. The van der Waals surface area contributed by atoms with E-state index in [0.717, 1.165) is 16.5 Å². The van der Waals surface area contributed by atoms with E-state index in [9.17, 15) is 0 Å². The van der Waals surface area contributed by atoms with Gasteiger partial charge in [0.05, 0.1) is 30.3 Å². The summed E-state index contributed by atoms with van der Waals surface area (Å²) in [6.45, 7) is 3.05. The van der Waals surface area contributed by atoms with Gasteiger partial charge in [0.25, 0.3) is 0 Å². The number of nitrogens with zero attached hydrogens (tertiary/aromatic N) is 3. The summed E-state index contributed by atoms with van der Waals surface area (Å²) in [4.78, 5) is 4.36. The number of hydrogen-bond donors (Lipinski definition) is 1. The molecular formula is C15H16N4O2S. The molecule has 0 radical (unpaired) electrons. The summed E-state index contributed by atoms with van der Waals surface area (Å²) in [6.07, 6.45) is 0.569. The second-order valence-electron chi connectivity index (χ2n) is 4.62. The predicted molar refractivity (Wildman–Crippen MR) is 84.1 cm³/mol. The van der Waals surface area contributed by atoms with E-state index in [0.29, 0.717) is 31.5 Å². The Hall–Kier alpha value is -2.41. The fourth-order valence-corrected chi connectivity index (χ4v) is 2.47. The number of para-hydroxylation sites is 1. The standard InChI is InChI=1S/C15H16N4O2S/c1-11-17-12(10-22-11)9-16-15-19-18-14(21-15)7-8-20-13-5-3-2-4-6-13/h2-6,10H,7-9H2,1H3,(H,16,19). The van der Waals surface area contributed by atoms with Crippen LogP contribution in [0.25, 0.3) is 0 Å². The molecule has 0 aliphatic heterocycles. The Labute approximate surface area is 132 Å². The molecule has 0 saturated heterocycles. The first kappa shape index (κ1) is 14.5. The van der Waals surface area contributed by atoms with Gasteiger partial charge in [0.15, 0.2) is 0 Å². The SMILES string of the molecule is Cc1nc(CNc2nnc(CCOc3ccccc3)o2)cs1. The lowest BCUT2D eigenvalue weighted by Crippen LogP contribution is -2.01. The zero-order chi connectivity index (χ0) is 15.2. The maximum Gasteiger partial charge on any atom is 0.315 e. The fourth-order valence-electron chi connectivity index (χ4n) is 1.85. The molecule has 0 unspecified atom stereocenters. The number of aryl methyl sites for hydroxylation is 1. The molecule has 3 rings (SSSR count). The number of anilines is 1. The minimum absolute atomic E-state index is 0.403. The van der Waals surface area contributed by atoms with Gasteiger partial charge >= 0.3 is 6.01 Å². The van der Waals surface area contributed by atoms with Gasteiger partial charge in [-0.25, -0.2) is 4.98 Å². The number of nitrogens with one attached hydrogen (secondary N) is 1. The summed E-state index contributed by atoms with van der Waals surface area (Å²) >= 11 is 1.62. The summed E-state index contributed by atoms with van der Waals surface area (Å²) in [5, 5.41) is 14.1. The molecule has 0 fully saturated rings. The summed E-state index contributed by atoms with van der Waals surface area (Å²) in [6, 6.07) is 10.1. The molecule has 0 aliphatic carbocycles. The van der Waals surface area contributed by atoms with Crippen molar-refractivity contribution in [3.63, 3.8) is 0 Å². The van der Waals surface area contributed by atoms with Gasteiger partial charge in [-0.2, -0.15) is 0 Å². The third-order valence-electron chi connectivity index (χ3n) is 2.88. The van der Waals surface area contributed by atoms with Crippen molar-refractivity contribution in [1.82, 2.24) is 15.2 Å². The lowest BCUT2D eigenvalue weighted by Gasteiger charge is -2.03. The van der Waals surface area contributed by atoms with Crippen molar-refractivity contribution in [3.05, 3.63) is 52.3 Å². The van der Waals surface area contributed by atoms with E-state index < -0.39 is 0 Å². The smallest absolute Gasteiger partial charge is 0.315 e. The molecule has 22 heavy (non-hydrogen) atoms. The van der Waals surface area contributed by atoms with Gasteiger partial charge in [-0.15, -0.1) is 16.4 Å².